The highest BCUT2D eigenvalue weighted by atomic mass is 19.4. The molecule has 0 atom stereocenters. The van der Waals surface area contributed by atoms with Crippen LogP contribution in [0.3, 0.4) is 0 Å². The number of benzene rings is 15. The molecule has 6 aromatic heterocycles. The largest absolute Gasteiger partial charge is 0.416 e. The number of alkyl halides is 6. The van der Waals surface area contributed by atoms with E-state index in [1.165, 1.54) is 0 Å². The van der Waals surface area contributed by atoms with Crippen molar-refractivity contribution in [2.45, 2.75) is 12.4 Å². The van der Waals surface area contributed by atoms with Crippen LogP contribution in [0.1, 0.15) is 16.7 Å². The molecule has 7 nitrogen and oxygen atoms in total. The van der Waals surface area contributed by atoms with Crippen LogP contribution in [0.25, 0.3) is 187 Å². The van der Waals surface area contributed by atoms with Crippen LogP contribution < -0.4 is 0 Å². The third-order valence-electron chi connectivity index (χ3n) is 21.6. The van der Waals surface area contributed by atoms with Crippen molar-refractivity contribution in [3.8, 4) is 62.4 Å². The third kappa shape index (κ3) is 9.00. The molecule has 15 aromatic carbocycles. The molecule has 502 valence electrons. The Morgan fingerprint density at radius 1 is 0.217 bits per heavy atom. The van der Waals surface area contributed by atoms with Gasteiger partial charge in [-0.15, -0.1) is 0 Å². The van der Waals surface area contributed by atoms with Crippen LogP contribution in [0.4, 0.5) is 26.3 Å². The average molecular weight is 1380 g/mol. The molecular weight excluding hydrogens is 1330 g/mol. The highest BCUT2D eigenvalue weighted by Crippen LogP contribution is 2.48. The summed E-state index contributed by atoms with van der Waals surface area (Å²) in [6.45, 7) is 0. The van der Waals surface area contributed by atoms with Gasteiger partial charge in [-0.2, -0.15) is 31.6 Å². The molecule has 21 aromatic rings. The molecule has 0 N–H and O–H groups in total. The first kappa shape index (κ1) is 60.9. The zero-order valence-corrected chi connectivity index (χ0v) is 56.0. The van der Waals surface area contributed by atoms with E-state index in [0.717, 1.165) is 155 Å². The highest BCUT2D eigenvalue weighted by molar-refractivity contribution is 6.17. The van der Waals surface area contributed by atoms with Gasteiger partial charge in [0.05, 0.1) is 100 Å². The topological polar surface area (TPSA) is 53.4 Å². The Balaban J connectivity index is 0.868. The van der Waals surface area contributed by atoms with Gasteiger partial charge in [0.25, 0.3) is 0 Å². The molecule has 0 aliphatic rings. The van der Waals surface area contributed by atoms with Crippen molar-refractivity contribution in [2.24, 2.45) is 0 Å². The predicted molar refractivity (Wildman–Crippen MR) is 418 cm³/mol. The number of hydrogen-bond donors (Lipinski definition) is 0. The fourth-order valence-corrected chi connectivity index (χ4v) is 17.1. The van der Waals surface area contributed by atoms with Gasteiger partial charge < -0.3 is 27.4 Å². The zero-order valence-electron chi connectivity index (χ0n) is 56.0. The van der Waals surface area contributed by atoms with E-state index in [4.69, 9.17) is 0 Å². The van der Waals surface area contributed by atoms with Crippen LogP contribution in [0.15, 0.2) is 322 Å². The minimum Gasteiger partial charge on any atom is -0.309 e. The van der Waals surface area contributed by atoms with Gasteiger partial charge >= 0.3 is 12.4 Å². The zero-order chi connectivity index (χ0) is 71.0. The Morgan fingerprint density at radius 2 is 0.500 bits per heavy atom. The maximum atomic E-state index is 15.1. The lowest BCUT2D eigenvalue weighted by Gasteiger charge is -2.21. The summed E-state index contributed by atoms with van der Waals surface area (Å²) in [5.74, 6) is 0. The van der Waals surface area contributed by atoms with Gasteiger partial charge in [0.2, 0.25) is 0 Å². The van der Waals surface area contributed by atoms with E-state index in [1.54, 1.807) is 24.3 Å². The van der Waals surface area contributed by atoms with Crippen LogP contribution >= 0.6 is 0 Å². The Morgan fingerprint density at radius 3 is 0.792 bits per heavy atom. The molecule has 0 aliphatic carbocycles. The Hall–Kier alpha value is -13.8. The van der Waals surface area contributed by atoms with E-state index in [2.05, 4.69) is 252 Å². The van der Waals surface area contributed by atoms with Crippen molar-refractivity contribution < 1.29 is 26.3 Å². The van der Waals surface area contributed by atoms with Gasteiger partial charge in [-0.05, 0) is 175 Å². The minimum atomic E-state index is -5.13. The number of rotatable bonds is 8. The molecule has 106 heavy (non-hydrogen) atoms. The van der Waals surface area contributed by atoms with Crippen LogP contribution in [-0.2, 0) is 12.4 Å². The molecule has 0 saturated carbocycles. The number of hydrogen-bond acceptors (Lipinski definition) is 1. The molecule has 0 radical (unpaired) electrons. The summed E-state index contributed by atoms with van der Waals surface area (Å²) in [5.41, 5.74) is 14.2. The summed E-state index contributed by atoms with van der Waals surface area (Å²) < 4.78 is 104. The van der Waals surface area contributed by atoms with E-state index < -0.39 is 23.5 Å². The van der Waals surface area contributed by atoms with Gasteiger partial charge in [0.1, 0.15) is 0 Å². The molecule has 21 rings (SSSR count). The number of nitrogens with zero attached hydrogens (tertiary/aromatic N) is 7. The van der Waals surface area contributed by atoms with Crippen molar-refractivity contribution in [1.29, 1.82) is 5.26 Å². The molecule has 0 aliphatic heterocycles. The normalized spacial score (nSPS) is 12.4. The average Bonchev–Trinajstić information content (AvgIpc) is 1.15. The number of para-hydroxylation sites is 8. The summed E-state index contributed by atoms with van der Waals surface area (Å²) in [4.78, 5) is 0. The lowest BCUT2D eigenvalue weighted by atomic mass is 9.93. The first-order valence-corrected chi connectivity index (χ1v) is 34.9. The standard InChI is InChI=1S/C93H53F6N7/c94-92(95,96)58-46-57(47-59(49-58)93(97,98)99)56-34-39-72(91(48-56)106-89-43-37-62(103-82-29-13-5-21-68(82)69-22-6-14-30-83(69)103)52-76(89)77-53-63(38-44-90(77)106)104-84-31-15-7-23-70(84)71-24-8-16-32-85(71)104)73-45-55(54-100)33-40-86(73)105-87-41-35-60(101-78-25-9-1-17-64(78)65-18-2-10-26-79(65)101)50-74(87)75-51-61(36-42-88(75)105)102-80-27-11-3-19-66(80)67-20-4-12-28-81(67)102/h1-53H. The summed E-state index contributed by atoms with van der Waals surface area (Å²) in [6.07, 6.45) is -10.3. The Bertz CT molecular complexity index is 6820. The molecule has 0 bridgehead atoms. The van der Waals surface area contributed by atoms with Crippen LogP contribution in [0, 0.1) is 11.3 Å². The van der Waals surface area contributed by atoms with Crippen molar-refractivity contribution in [3.05, 3.63) is 338 Å². The van der Waals surface area contributed by atoms with E-state index >= 15 is 26.3 Å². The van der Waals surface area contributed by atoms with Crippen molar-refractivity contribution >= 4 is 131 Å². The first-order valence-electron chi connectivity index (χ1n) is 34.9. The van der Waals surface area contributed by atoms with Gasteiger partial charge in [-0.3, -0.25) is 0 Å². The number of fused-ring (bicyclic) bond motifs is 18. The maximum Gasteiger partial charge on any atom is 0.416 e. The second-order valence-corrected chi connectivity index (χ2v) is 27.3. The number of nitriles is 1. The summed E-state index contributed by atoms with van der Waals surface area (Å²) in [6, 6.07) is 107. The second-order valence-electron chi connectivity index (χ2n) is 27.3. The molecule has 0 unspecified atom stereocenters. The van der Waals surface area contributed by atoms with Crippen LogP contribution in [-0.4, -0.2) is 27.4 Å². The molecule has 0 saturated heterocycles. The molecular formula is C93H53F6N7. The molecule has 0 amide bonds. The molecule has 0 fully saturated rings. The highest BCUT2D eigenvalue weighted by Gasteiger charge is 2.38. The molecule has 0 spiro atoms. The van der Waals surface area contributed by atoms with Crippen molar-refractivity contribution in [1.82, 2.24) is 27.4 Å². The van der Waals surface area contributed by atoms with Crippen molar-refractivity contribution in [3.63, 3.8) is 0 Å². The lowest BCUT2D eigenvalue weighted by Crippen LogP contribution is -2.11. The lowest BCUT2D eigenvalue weighted by molar-refractivity contribution is -0.143. The van der Waals surface area contributed by atoms with E-state index in [9.17, 15) is 5.26 Å². The van der Waals surface area contributed by atoms with Crippen LogP contribution in [0.2, 0.25) is 0 Å². The summed E-state index contributed by atoms with van der Waals surface area (Å²) in [7, 11) is 0. The summed E-state index contributed by atoms with van der Waals surface area (Å²) >= 11 is 0. The predicted octanol–water partition coefficient (Wildman–Crippen LogP) is 25.5. The quantitative estimate of drug-likeness (QED) is 0.140. The van der Waals surface area contributed by atoms with Crippen molar-refractivity contribution in [2.75, 3.05) is 0 Å². The number of aromatic nitrogens is 6. The van der Waals surface area contributed by atoms with E-state index in [1.807, 2.05) is 60.7 Å². The van der Waals surface area contributed by atoms with Gasteiger partial charge in [-0.25, -0.2) is 0 Å². The fraction of sp³-hybridized carbons (Fsp3) is 0.0215. The molecule has 6 heterocycles. The smallest absolute Gasteiger partial charge is 0.309 e. The molecule has 13 heteroatoms. The van der Waals surface area contributed by atoms with Gasteiger partial charge in [0, 0.05) is 98.5 Å². The van der Waals surface area contributed by atoms with E-state index in [-0.39, 0.29) is 17.2 Å². The summed E-state index contributed by atoms with van der Waals surface area (Å²) in [5, 5.41) is 23.4. The monoisotopic (exact) mass is 1380 g/mol. The van der Waals surface area contributed by atoms with Crippen LogP contribution in [0.5, 0.6) is 0 Å². The SMILES string of the molecule is N#Cc1ccc(-n2c3ccc(-n4c5ccccc5c5ccccc54)cc3c3cc(-n4c5ccccc5c5ccccc54)ccc32)c(-c2ccc(-c3cc(C(F)(F)F)cc(C(F)(F)F)c3)cc2-n2c3ccc(-n4c5ccccc5c5ccccc54)cc3c3cc(-n4c5ccccc5c5ccccc54)ccc32)c1. The van der Waals surface area contributed by atoms with E-state index in [0.29, 0.717) is 39.1 Å². The Kier molecular flexibility index (Phi) is 13.0. The van der Waals surface area contributed by atoms with Gasteiger partial charge in [0.15, 0.2) is 0 Å². The number of halogens is 6. The van der Waals surface area contributed by atoms with Gasteiger partial charge in [-0.1, -0.05) is 158 Å². The first-order chi connectivity index (χ1) is 51.8. The maximum absolute atomic E-state index is 15.1. The minimum absolute atomic E-state index is 0.0965. The second kappa shape index (κ2) is 22.6. The Labute approximate surface area is 599 Å². The fourth-order valence-electron chi connectivity index (χ4n) is 17.1. The third-order valence-corrected chi connectivity index (χ3v) is 21.6.